The molecular weight excluding hydrogens is 160 g/mol. The van der Waals surface area contributed by atoms with E-state index >= 15 is 0 Å². The van der Waals surface area contributed by atoms with Crippen molar-refractivity contribution in [2.45, 2.75) is 26.9 Å². The maximum absolute atomic E-state index is 10.5. The molecule has 0 saturated carbocycles. The van der Waals surface area contributed by atoms with E-state index in [9.17, 15) is 9.59 Å². The number of hydrogen-bond acceptors (Lipinski definition) is 3. The number of hydrogen-bond donors (Lipinski definition) is 1. The summed E-state index contributed by atoms with van der Waals surface area (Å²) >= 11 is 0. The van der Waals surface area contributed by atoms with Crippen LogP contribution in [0, 0.1) is 0 Å². The highest BCUT2D eigenvalue weighted by Crippen LogP contribution is 2.02. The van der Waals surface area contributed by atoms with Crippen molar-refractivity contribution in [1.29, 1.82) is 0 Å². The maximum atomic E-state index is 10.5. The van der Waals surface area contributed by atoms with Crippen LogP contribution >= 0.6 is 0 Å². The van der Waals surface area contributed by atoms with Gasteiger partial charge in [0.15, 0.2) is 5.78 Å². The highest BCUT2D eigenvalue weighted by atomic mass is 16.5. The predicted molar refractivity (Wildman–Crippen MR) is 42.6 cm³/mol. The molecule has 0 bridgehead atoms. The van der Waals surface area contributed by atoms with Crippen LogP contribution in [0.2, 0.25) is 0 Å². The molecule has 0 aromatic carbocycles. The van der Waals surface area contributed by atoms with Crippen LogP contribution in [0.4, 0.5) is 0 Å². The van der Waals surface area contributed by atoms with Crippen molar-refractivity contribution in [3.8, 4) is 0 Å². The molecular formula is C8H12O4. The summed E-state index contributed by atoms with van der Waals surface area (Å²) in [5, 5.41) is 8.53. The highest BCUT2D eigenvalue weighted by molar-refractivity contribution is 5.96. The third-order valence-corrected chi connectivity index (χ3v) is 0.908. The molecule has 68 valence electrons. The molecule has 0 atom stereocenters. The lowest BCUT2D eigenvalue weighted by atomic mass is 10.3. The molecule has 0 radical (unpaired) electrons. The fraction of sp³-hybridized carbons (Fsp3) is 0.500. The zero-order chi connectivity index (χ0) is 9.72. The molecule has 12 heavy (non-hydrogen) atoms. The Morgan fingerprint density at radius 1 is 1.42 bits per heavy atom. The standard InChI is InChI=1S/C8H12O4/c1-5(2)12-7(8(10)11)4-6(3)9/h4-5H,1-3H3,(H,10,11)/b7-4+. The molecule has 0 spiro atoms. The molecule has 1 N–H and O–H groups in total. The number of aliphatic carboxylic acids is 1. The largest absolute Gasteiger partial charge is 0.484 e. The molecule has 4 heteroatoms. The van der Waals surface area contributed by atoms with Crippen molar-refractivity contribution in [2.75, 3.05) is 0 Å². The van der Waals surface area contributed by atoms with Crippen LogP contribution in [0.3, 0.4) is 0 Å². The van der Waals surface area contributed by atoms with Gasteiger partial charge in [0, 0.05) is 6.08 Å². The van der Waals surface area contributed by atoms with E-state index in [4.69, 9.17) is 9.84 Å². The predicted octanol–water partition coefficient (Wildman–Crippen LogP) is 0.969. The molecule has 0 fully saturated rings. The van der Waals surface area contributed by atoms with E-state index in [1.54, 1.807) is 13.8 Å². The average Bonchev–Trinajstić information content (AvgIpc) is 1.83. The summed E-state index contributed by atoms with van der Waals surface area (Å²) in [6.45, 7) is 4.65. The Morgan fingerprint density at radius 3 is 2.17 bits per heavy atom. The molecule has 0 amide bonds. The number of ketones is 1. The third-order valence-electron chi connectivity index (χ3n) is 0.908. The first kappa shape index (κ1) is 10.7. The van der Waals surface area contributed by atoms with E-state index in [-0.39, 0.29) is 17.6 Å². The van der Waals surface area contributed by atoms with Crippen LogP contribution in [0.1, 0.15) is 20.8 Å². The zero-order valence-corrected chi connectivity index (χ0v) is 7.33. The topological polar surface area (TPSA) is 63.6 Å². The first-order valence-electron chi connectivity index (χ1n) is 3.55. The molecule has 0 rings (SSSR count). The molecule has 0 unspecified atom stereocenters. The Bertz CT molecular complexity index is 215. The minimum Gasteiger partial charge on any atom is -0.484 e. The molecule has 0 aromatic rings. The number of allylic oxidation sites excluding steroid dienone is 1. The Balaban J connectivity index is 4.44. The Hall–Kier alpha value is -1.32. The van der Waals surface area contributed by atoms with Crippen LogP contribution in [0.15, 0.2) is 11.8 Å². The van der Waals surface area contributed by atoms with Crippen molar-refractivity contribution >= 4 is 11.8 Å². The first-order chi connectivity index (χ1) is 5.43. The molecule has 0 aliphatic rings. The molecule has 0 heterocycles. The van der Waals surface area contributed by atoms with Crippen LogP contribution in [0.5, 0.6) is 0 Å². The minimum atomic E-state index is -1.22. The third kappa shape index (κ3) is 4.49. The van der Waals surface area contributed by atoms with Gasteiger partial charge in [0.05, 0.1) is 6.10 Å². The van der Waals surface area contributed by atoms with E-state index in [2.05, 4.69) is 0 Å². The molecule has 4 nitrogen and oxygen atoms in total. The van der Waals surface area contributed by atoms with Gasteiger partial charge in [-0.05, 0) is 20.8 Å². The number of carboxylic acid groups (broad SMARTS) is 1. The van der Waals surface area contributed by atoms with E-state index in [1.807, 2.05) is 0 Å². The van der Waals surface area contributed by atoms with Gasteiger partial charge in [0.1, 0.15) is 0 Å². The summed E-state index contributed by atoms with van der Waals surface area (Å²) in [7, 11) is 0. The lowest BCUT2D eigenvalue weighted by Gasteiger charge is -2.08. The maximum Gasteiger partial charge on any atom is 0.371 e. The second-order valence-electron chi connectivity index (χ2n) is 2.59. The van der Waals surface area contributed by atoms with Gasteiger partial charge in [-0.1, -0.05) is 0 Å². The lowest BCUT2D eigenvalue weighted by molar-refractivity contribution is -0.137. The van der Waals surface area contributed by atoms with Gasteiger partial charge >= 0.3 is 5.97 Å². The van der Waals surface area contributed by atoms with Crippen LogP contribution in [0.25, 0.3) is 0 Å². The summed E-state index contributed by atoms with van der Waals surface area (Å²) in [6, 6.07) is 0. The fourth-order valence-electron chi connectivity index (χ4n) is 0.585. The molecule has 0 aliphatic carbocycles. The van der Waals surface area contributed by atoms with Crippen molar-refractivity contribution in [3.05, 3.63) is 11.8 Å². The second-order valence-corrected chi connectivity index (χ2v) is 2.59. The number of rotatable bonds is 4. The summed E-state index contributed by atoms with van der Waals surface area (Å²) in [5.74, 6) is -1.87. The number of ether oxygens (including phenoxy) is 1. The summed E-state index contributed by atoms with van der Waals surface area (Å²) in [5.41, 5.74) is 0. The summed E-state index contributed by atoms with van der Waals surface area (Å²) in [6.07, 6.45) is 0.717. The quantitative estimate of drug-likeness (QED) is 0.507. The van der Waals surface area contributed by atoms with Crippen molar-refractivity contribution in [3.63, 3.8) is 0 Å². The molecule has 0 aromatic heterocycles. The van der Waals surface area contributed by atoms with Gasteiger partial charge in [0.25, 0.3) is 0 Å². The summed E-state index contributed by atoms with van der Waals surface area (Å²) < 4.78 is 4.86. The van der Waals surface area contributed by atoms with Gasteiger partial charge in [-0.15, -0.1) is 0 Å². The van der Waals surface area contributed by atoms with E-state index in [1.165, 1.54) is 6.92 Å². The number of carbonyl (C=O) groups excluding carboxylic acids is 1. The molecule has 0 aliphatic heterocycles. The van der Waals surface area contributed by atoms with E-state index in [0.717, 1.165) is 6.08 Å². The van der Waals surface area contributed by atoms with Gasteiger partial charge in [-0.2, -0.15) is 0 Å². The van der Waals surface area contributed by atoms with Crippen LogP contribution < -0.4 is 0 Å². The molecule has 0 saturated heterocycles. The van der Waals surface area contributed by atoms with E-state index in [0.29, 0.717) is 0 Å². The Labute approximate surface area is 70.8 Å². The van der Waals surface area contributed by atoms with E-state index < -0.39 is 5.97 Å². The number of carboxylic acids is 1. The zero-order valence-electron chi connectivity index (χ0n) is 7.33. The Morgan fingerprint density at radius 2 is 1.92 bits per heavy atom. The smallest absolute Gasteiger partial charge is 0.371 e. The fourth-order valence-corrected chi connectivity index (χ4v) is 0.585. The van der Waals surface area contributed by atoms with Gasteiger partial charge in [-0.25, -0.2) is 4.79 Å². The van der Waals surface area contributed by atoms with Crippen molar-refractivity contribution < 1.29 is 19.4 Å². The van der Waals surface area contributed by atoms with Crippen LogP contribution in [-0.2, 0) is 14.3 Å². The average molecular weight is 172 g/mol. The van der Waals surface area contributed by atoms with Gasteiger partial charge in [-0.3, -0.25) is 4.79 Å². The highest BCUT2D eigenvalue weighted by Gasteiger charge is 2.10. The lowest BCUT2D eigenvalue weighted by Crippen LogP contribution is -2.11. The Kier molecular flexibility index (Phi) is 4.04. The number of carbonyl (C=O) groups is 2. The first-order valence-corrected chi connectivity index (χ1v) is 3.55. The van der Waals surface area contributed by atoms with Crippen LogP contribution in [-0.4, -0.2) is 23.0 Å². The summed E-state index contributed by atoms with van der Waals surface area (Å²) in [4.78, 5) is 20.9. The second kappa shape index (κ2) is 4.54. The minimum absolute atomic E-state index is 0.244. The normalized spacial score (nSPS) is 11.5. The van der Waals surface area contributed by atoms with Gasteiger partial charge in [0.2, 0.25) is 5.76 Å². The monoisotopic (exact) mass is 172 g/mol. The van der Waals surface area contributed by atoms with Crippen molar-refractivity contribution in [2.24, 2.45) is 0 Å². The van der Waals surface area contributed by atoms with Crippen molar-refractivity contribution in [1.82, 2.24) is 0 Å². The SMILES string of the molecule is CC(=O)/C=C(/OC(C)C)C(=O)O. The van der Waals surface area contributed by atoms with Gasteiger partial charge < -0.3 is 9.84 Å².